The highest BCUT2D eigenvalue weighted by molar-refractivity contribution is 9.10. The molecule has 1 heterocycles. The van der Waals surface area contributed by atoms with E-state index in [-0.39, 0.29) is 11.7 Å². The van der Waals surface area contributed by atoms with Gasteiger partial charge in [-0.05, 0) is 40.2 Å². The zero-order chi connectivity index (χ0) is 15.0. The molecular weight excluding hydrogens is 359 g/mol. The predicted octanol–water partition coefficient (Wildman–Crippen LogP) is 4.67. The molecule has 0 radical (unpaired) electrons. The molecule has 0 aliphatic rings. The summed E-state index contributed by atoms with van der Waals surface area (Å²) < 4.78 is 21.9. The number of benzene rings is 2. The van der Waals surface area contributed by atoms with Crippen molar-refractivity contribution in [3.8, 4) is 11.4 Å². The maximum absolute atomic E-state index is 14.3. The van der Waals surface area contributed by atoms with E-state index in [1.54, 1.807) is 23.8 Å². The summed E-state index contributed by atoms with van der Waals surface area (Å²) in [5.74, 6) is 1.08. The van der Waals surface area contributed by atoms with Crippen LogP contribution < -0.4 is 4.74 Å². The molecule has 0 saturated heterocycles. The Morgan fingerprint density at radius 3 is 2.81 bits per heavy atom. The fraction of sp³-hybridized carbons (Fsp3) is 0.133. The van der Waals surface area contributed by atoms with Crippen molar-refractivity contribution in [2.75, 3.05) is 7.11 Å². The smallest absolute Gasteiger partial charge is 0.148 e. The number of hydrogen-bond acceptors (Lipinski definition) is 2. The second-order valence-corrected chi connectivity index (χ2v) is 5.54. The van der Waals surface area contributed by atoms with E-state index in [1.807, 2.05) is 18.2 Å². The van der Waals surface area contributed by atoms with Gasteiger partial charge in [-0.15, -0.1) is 11.6 Å². The Labute approximate surface area is 134 Å². The van der Waals surface area contributed by atoms with Crippen LogP contribution in [0.15, 0.2) is 40.9 Å². The minimum atomic E-state index is -0.349. The van der Waals surface area contributed by atoms with E-state index >= 15 is 0 Å². The molecule has 0 fully saturated rings. The average molecular weight is 370 g/mol. The van der Waals surface area contributed by atoms with Gasteiger partial charge in [0.25, 0.3) is 0 Å². The van der Waals surface area contributed by atoms with E-state index < -0.39 is 0 Å². The highest BCUT2D eigenvalue weighted by Crippen LogP contribution is 2.31. The molecule has 0 bridgehead atoms. The van der Waals surface area contributed by atoms with Gasteiger partial charge < -0.3 is 4.74 Å². The van der Waals surface area contributed by atoms with Crippen LogP contribution in [0.1, 0.15) is 5.82 Å². The zero-order valence-electron chi connectivity index (χ0n) is 11.1. The first-order valence-electron chi connectivity index (χ1n) is 6.21. The van der Waals surface area contributed by atoms with E-state index in [1.165, 1.54) is 6.07 Å². The molecule has 0 unspecified atom stereocenters. The van der Waals surface area contributed by atoms with Crippen molar-refractivity contribution in [1.29, 1.82) is 0 Å². The summed E-state index contributed by atoms with van der Waals surface area (Å²) in [6.07, 6.45) is 0. The minimum Gasteiger partial charge on any atom is -0.497 e. The van der Waals surface area contributed by atoms with Gasteiger partial charge in [-0.2, -0.15) is 0 Å². The molecule has 3 nitrogen and oxygen atoms in total. The largest absolute Gasteiger partial charge is 0.497 e. The summed E-state index contributed by atoms with van der Waals surface area (Å²) in [6, 6.07) is 10.3. The molecule has 1 aromatic heterocycles. The molecule has 3 aromatic rings. The second-order valence-electron chi connectivity index (χ2n) is 4.42. The van der Waals surface area contributed by atoms with E-state index in [0.717, 1.165) is 11.0 Å². The minimum absolute atomic E-state index is 0.178. The summed E-state index contributed by atoms with van der Waals surface area (Å²) in [7, 11) is 1.59. The summed E-state index contributed by atoms with van der Waals surface area (Å²) in [6.45, 7) is 0. The standard InChI is InChI=1S/C15H11BrClFN2O/c1-21-9-5-6-12-13(7-9)20(14(8-17)19-12)15-10(16)3-2-4-11(15)18/h2-7H,8H2,1H3. The third-order valence-electron chi connectivity index (χ3n) is 3.21. The molecule has 0 aliphatic carbocycles. The first-order valence-corrected chi connectivity index (χ1v) is 7.54. The number of halogens is 3. The van der Waals surface area contributed by atoms with Crippen LogP contribution in [0.2, 0.25) is 0 Å². The number of ether oxygens (including phenoxy) is 1. The van der Waals surface area contributed by atoms with E-state index in [2.05, 4.69) is 20.9 Å². The number of para-hydroxylation sites is 1. The van der Waals surface area contributed by atoms with Crippen molar-refractivity contribution in [1.82, 2.24) is 9.55 Å². The number of rotatable bonds is 3. The van der Waals surface area contributed by atoms with Crippen LogP contribution in [0.5, 0.6) is 5.75 Å². The van der Waals surface area contributed by atoms with Gasteiger partial charge in [0.15, 0.2) is 0 Å². The van der Waals surface area contributed by atoms with Crippen LogP contribution in [-0.4, -0.2) is 16.7 Å². The van der Waals surface area contributed by atoms with Crippen molar-refractivity contribution in [3.05, 3.63) is 52.5 Å². The predicted molar refractivity (Wildman–Crippen MR) is 84.8 cm³/mol. The third kappa shape index (κ3) is 2.40. The lowest BCUT2D eigenvalue weighted by Gasteiger charge is -2.11. The van der Waals surface area contributed by atoms with Crippen LogP contribution in [0.25, 0.3) is 16.7 Å². The van der Waals surface area contributed by atoms with Gasteiger partial charge in [-0.1, -0.05) is 6.07 Å². The van der Waals surface area contributed by atoms with Crippen molar-refractivity contribution in [3.63, 3.8) is 0 Å². The Kier molecular flexibility index (Phi) is 3.87. The van der Waals surface area contributed by atoms with Gasteiger partial charge in [-0.25, -0.2) is 9.37 Å². The summed E-state index contributed by atoms with van der Waals surface area (Å²) in [5, 5.41) is 0. The summed E-state index contributed by atoms with van der Waals surface area (Å²) >= 11 is 9.37. The van der Waals surface area contributed by atoms with Gasteiger partial charge >= 0.3 is 0 Å². The highest BCUT2D eigenvalue weighted by atomic mass is 79.9. The van der Waals surface area contributed by atoms with Gasteiger partial charge in [0, 0.05) is 10.5 Å². The maximum Gasteiger partial charge on any atom is 0.148 e. The number of alkyl halides is 1. The number of nitrogens with zero attached hydrogens (tertiary/aromatic N) is 2. The quantitative estimate of drug-likeness (QED) is 0.627. The monoisotopic (exact) mass is 368 g/mol. The first kappa shape index (κ1) is 14.4. The Balaban J connectivity index is 2.39. The average Bonchev–Trinajstić information content (AvgIpc) is 2.85. The molecule has 2 aromatic carbocycles. The van der Waals surface area contributed by atoms with Gasteiger partial charge in [0.05, 0.1) is 29.7 Å². The number of methoxy groups -OCH3 is 1. The van der Waals surface area contributed by atoms with E-state index in [9.17, 15) is 4.39 Å². The van der Waals surface area contributed by atoms with Crippen molar-refractivity contribution >= 4 is 38.6 Å². The Bertz CT molecular complexity index is 799. The molecule has 3 rings (SSSR count). The Morgan fingerprint density at radius 2 is 2.14 bits per heavy atom. The SMILES string of the molecule is COc1ccc2nc(CCl)n(-c3c(F)cccc3Br)c2c1. The molecule has 21 heavy (non-hydrogen) atoms. The summed E-state index contributed by atoms with van der Waals surface area (Å²) in [4.78, 5) is 4.45. The van der Waals surface area contributed by atoms with Gasteiger partial charge in [0.1, 0.15) is 17.4 Å². The molecule has 0 N–H and O–H groups in total. The Hall–Kier alpha value is -1.59. The second kappa shape index (κ2) is 5.66. The van der Waals surface area contributed by atoms with Crippen LogP contribution in [0.4, 0.5) is 4.39 Å². The molecule has 0 amide bonds. The first-order chi connectivity index (χ1) is 10.2. The van der Waals surface area contributed by atoms with Crippen LogP contribution >= 0.6 is 27.5 Å². The molecule has 108 valence electrons. The molecule has 0 atom stereocenters. The number of hydrogen-bond donors (Lipinski definition) is 0. The molecule has 6 heteroatoms. The molecule has 0 saturated carbocycles. The number of aromatic nitrogens is 2. The third-order valence-corrected chi connectivity index (χ3v) is 4.09. The normalized spacial score (nSPS) is 11.0. The van der Waals surface area contributed by atoms with E-state index in [0.29, 0.717) is 21.7 Å². The lowest BCUT2D eigenvalue weighted by atomic mass is 10.2. The number of imidazole rings is 1. The molecular formula is C15H11BrClFN2O. The fourth-order valence-corrected chi connectivity index (χ4v) is 2.97. The van der Waals surface area contributed by atoms with Crippen LogP contribution in [-0.2, 0) is 5.88 Å². The number of fused-ring (bicyclic) bond motifs is 1. The van der Waals surface area contributed by atoms with Crippen molar-refractivity contribution in [2.24, 2.45) is 0 Å². The molecule has 0 spiro atoms. The fourth-order valence-electron chi connectivity index (χ4n) is 2.27. The zero-order valence-corrected chi connectivity index (χ0v) is 13.4. The highest BCUT2D eigenvalue weighted by Gasteiger charge is 2.17. The van der Waals surface area contributed by atoms with Crippen molar-refractivity contribution < 1.29 is 9.13 Å². The molecule has 0 aliphatic heterocycles. The maximum atomic E-state index is 14.3. The van der Waals surface area contributed by atoms with Crippen molar-refractivity contribution in [2.45, 2.75) is 5.88 Å². The van der Waals surface area contributed by atoms with Crippen LogP contribution in [0, 0.1) is 5.82 Å². The lowest BCUT2D eigenvalue weighted by molar-refractivity contribution is 0.415. The van der Waals surface area contributed by atoms with Gasteiger partial charge in [0.2, 0.25) is 0 Å². The summed E-state index contributed by atoms with van der Waals surface area (Å²) in [5.41, 5.74) is 1.88. The Morgan fingerprint density at radius 1 is 1.33 bits per heavy atom. The van der Waals surface area contributed by atoms with E-state index in [4.69, 9.17) is 16.3 Å². The lowest BCUT2D eigenvalue weighted by Crippen LogP contribution is -2.03. The van der Waals surface area contributed by atoms with Crippen LogP contribution in [0.3, 0.4) is 0 Å². The van der Waals surface area contributed by atoms with Gasteiger partial charge in [-0.3, -0.25) is 4.57 Å². The topological polar surface area (TPSA) is 27.1 Å².